The lowest BCUT2D eigenvalue weighted by Crippen LogP contribution is -2.04. The molecule has 1 aliphatic heterocycles. The summed E-state index contributed by atoms with van der Waals surface area (Å²) in [7, 11) is 0. The first-order chi connectivity index (χ1) is 11.6. The number of aryl methyl sites for hydroxylation is 1. The van der Waals surface area contributed by atoms with E-state index in [0.29, 0.717) is 12.8 Å². The van der Waals surface area contributed by atoms with Crippen LogP contribution in [-0.2, 0) is 11.2 Å². The zero-order valence-electron chi connectivity index (χ0n) is 16.6. The number of rotatable bonds is 3. The van der Waals surface area contributed by atoms with Crippen molar-refractivity contribution in [1.29, 1.82) is 0 Å². The largest absolute Gasteiger partial charge is 0.329 e. The highest BCUT2D eigenvalue weighted by molar-refractivity contribution is 5.75. The molecule has 24 heavy (non-hydrogen) atoms. The Bertz CT molecular complexity index is 426. The molecule has 0 amide bonds. The molecule has 140 valence electrons. The first-order valence-electron chi connectivity index (χ1n) is 9.45. The van der Waals surface area contributed by atoms with Gasteiger partial charge in [0.05, 0.1) is 0 Å². The van der Waals surface area contributed by atoms with Crippen LogP contribution in [0.25, 0.3) is 0 Å². The molecule has 0 radical (unpaired) electrons. The number of carbonyl (C=O) groups is 1. The first-order valence-corrected chi connectivity index (χ1v) is 9.45. The maximum absolute atomic E-state index is 10.6. The number of Topliss-reactive ketones (excluding diaryl/α,β-unsaturated/α-hetero) is 1. The van der Waals surface area contributed by atoms with E-state index in [1.807, 2.05) is 27.7 Å². The van der Waals surface area contributed by atoms with Crippen LogP contribution < -0.4 is 10.9 Å². The molecular formula is C20H38N2O2. The van der Waals surface area contributed by atoms with Crippen molar-refractivity contribution in [3.8, 4) is 0 Å². The number of hydrogen-bond acceptors (Lipinski definition) is 3. The Morgan fingerprint density at radius 2 is 1.62 bits per heavy atom. The summed E-state index contributed by atoms with van der Waals surface area (Å²) in [4.78, 5) is 23.8. The van der Waals surface area contributed by atoms with E-state index in [1.165, 1.54) is 38.4 Å². The van der Waals surface area contributed by atoms with Crippen LogP contribution >= 0.6 is 0 Å². The summed E-state index contributed by atoms with van der Waals surface area (Å²) in [5.74, 6) is 1.23. The van der Waals surface area contributed by atoms with Crippen LogP contribution in [0, 0.1) is 5.92 Å². The Kier molecular flexibility index (Phi) is 18.5. The molecule has 2 fully saturated rings. The molecule has 0 spiro atoms. The summed E-state index contributed by atoms with van der Waals surface area (Å²) < 4.78 is 0. The lowest BCUT2D eigenvalue weighted by atomic mass is 9.88. The molecule has 3 rings (SSSR count). The highest BCUT2D eigenvalue weighted by Gasteiger charge is 2.09. The number of hydrogen-bond donors (Lipinski definition) is 2. The van der Waals surface area contributed by atoms with E-state index in [9.17, 15) is 9.59 Å². The minimum Gasteiger partial charge on any atom is -0.329 e. The third-order valence-electron chi connectivity index (χ3n) is 3.26. The summed E-state index contributed by atoms with van der Waals surface area (Å²) in [5, 5.41) is 3.00. The zero-order chi connectivity index (χ0) is 18.8. The minimum atomic E-state index is -0.110. The SMILES string of the molecule is C1CN1.CC.CC.CC(=O)CCc1ccc(=O)[nH]c1.CC1CCC1. The summed E-state index contributed by atoms with van der Waals surface area (Å²) in [5.41, 5.74) is 0.881. The van der Waals surface area contributed by atoms with Gasteiger partial charge >= 0.3 is 0 Å². The molecule has 2 aliphatic rings. The maximum Gasteiger partial charge on any atom is 0.247 e. The van der Waals surface area contributed by atoms with Crippen molar-refractivity contribution < 1.29 is 4.79 Å². The number of pyridine rings is 1. The number of carbonyl (C=O) groups excluding carboxylic acids is 1. The van der Waals surface area contributed by atoms with E-state index >= 15 is 0 Å². The molecule has 1 aromatic heterocycles. The van der Waals surface area contributed by atoms with Crippen molar-refractivity contribution in [2.75, 3.05) is 13.1 Å². The predicted molar refractivity (Wildman–Crippen MR) is 105 cm³/mol. The van der Waals surface area contributed by atoms with Crippen LogP contribution in [0.2, 0.25) is 0 Å². The normalized spacial score (nSPS) is 13.8. The van der Waals surface area contributed by atoms with Gasteiger partial charge in [0, 0.05) is 31.8 Å². The highest BCUT2D eigenvalue weighted by atomic mass is 16.1. The molecule has 2 N–H and O–H groups in total. The monoisotopic (exact) mass is 338 g/mol. The van der Waals surface area contributed by atoms with Gasteiger partial charge in [-0.1, -0.05) is 59.9 Å². The van der Waals surface area contributed by atoms with Gasteiger partial charge in [-0.15, -0.1) is 0 Å². The van der Waals surface area contributed by atoms with Crippen LogP contribution in [0.15, 0.2) is 23.1 Å². The van der Waals surface area contributed by atoms with Crippen LogP contribution in [0.5, 0.6) is 0 Å². The minimum absolute atomic E-state index is 0.110. The number of H-pyrrole nitrogens is 1. The van der Waals surface area contributed by atoms with Gasteiger partial charge in [0.1, 0.15) is 5.78 Å². The second-order valence-electron chi connectivity index (χ2n) is 5.55. The summed E-state index contributed by atoms with van der Waals surface area (Å²) in [6.45, 7) is 14.4. The molecule has 0 aromatic carbocycles. The predicted octanol–water partition coefficient (Wildman–Crippen LogP) is 4.34. The van der Waals surface area contributed by atoms with Gasteiger partial charge in [0.25, 0.3) is 0 Å². The van der Waals surface area contributed by atoms with Gasteiger partial charge < -0.3 is 15.1 Å². The number of aromatic amines is 1. The van der Waals surface area contributed by atoms with Gasteiger partial charge in [-0.05, 0) is 24.8 Å². The van der Waals surface area contributed by atoms with Gasteiger partial charge in [0.2, 0.25) is 5.56 Å². The molecule has 0 bridgehead atoms. The Morgan fingerprint density at radius 1 is 1.12 bits per heavy atom. The van der Waals surface area contributed by atoms with E-state index in [1.54, 1.807) is 19.2 Å². The van der Waals surface area contributed by atoms with Gasteiger partial charge in [0.15, 0.2) is 0 Å². The third kappa shape index (κ3) is 18.6. The Morgan fingerprint density at radius 3 is 1.88 bits per heavy atom. The summed E-state index contributed by atoms with van der Waals surface area (Å²) in [6, 6.07) is 3.21. The van der Waals surface area contributed by atoms with E-state index in [4.69, 9.17) is 0 Å². The molecule has 4 nitrogen and oxygen atoms in total. The van der Waals surface area contributed by atoms with Crippen LogP contribution in [0.4, 0.5) is 0 Å². The lowest BCUT2D eigenvalue weighted by molar-refractivity contribution is -0.116. The van der Waals surface area contributed by atoms with Crippen molar-refractivity contribution in [3.05, 3.63) is 34.2 Å². The third-order valence-corrected chi connectivity index (χ3v) is 3.26. The van der Waals surface area contributed by atoms with Crippen molar-refractivity contribution in [1.82, 2.24) is 10.3 Å². The van der Waals surface area contributed by atoms with Gasteiger partial charge in [-0.2, -0.15) is 0 Å². The topological polar surface area (TPSA) is 71.9 Å². The van der Waals surface area contributed by atoms with Crippen LogP contribution in [0.1, 0.15) is 72.8 Å². The quantitative estimate of drug-likeness (QED) is 0.805. The van der Waals surface area contributed by atoms with Crippen molar-refractivity contribution >= 4 is 5.78 Å². The molecule has 1 saturated heterocycles. The molecule has 1 saturated carbocycles. The maximum atomic E-state index is 10.6. The number of ketones is 1. The van der Waals surface area contributed by atoms with Crippen LogP contribution in [-0.4, -0.2) is 23.9 Å². The van der Waals surface area contributed by atoms with Crippen molar-refractivity contribution in [2.45, 2.75) is 73.6 Å². The highest BCUT2D eigenvalue weighted by Crippen LogP contribution is 2.24. The van der Waals surface area contributed by atoms with Crippen LogP contribution in [0.3, 0.4) is 0 Å². The standard InChI is InChI=1S/C9H11NO2.C5H10.C2H5N.2C2H6/c1-7(11)2-3-8-4-5-9(12)10-6-8;1-5-3-2-4-5;1-2-3-1;2*1-2/h4-6H,2-3H2,1H3,(H,10,12);5H,2-4H2,1H3;3H,1-2H2;2*1-2H3. The number of aromatic nitrogens is 1. The molecule has 1 aliphatic carbocycles. The average molecular weight is 339 g/mol. The summed E-state index contributed by atoms with van der Waals surface area (Å²) in [6.07, 6.45) is 7.34. The van der Waals surface area contributed by atoms with Gasteiger partial charge in [-0.3, -0.25) is 4.79 Å². The second kappa shape index (κ2) is 17.9. The smallest absolute Gasteiger partial charge is 0.247 e. The molecule has 2 heterocycles. The molecular weight excluding hydrogens is 300 g/mol. The zero-order valence-corrected chi connectivity index (χ0v) is 16.6. The van der Waals surface area contributed by atoms with E-state index in [-0.39, 0.29) is 11.3 Å². The van der Waals surface area contributed by atoms with Crippen molar-refractivity contribution in [2.24, 2.45) is 5.92 Å². The molecule has 4 heteroatoms. The Hall–Kier alpha value is -1.42. The van der Waals surface area contributed by atoms with E-state index in [0.717, 1.165) is 11.5 Å². The van der Waals surface area contributed by atoms with E-state index in [2.05, 4.69) is 17.2 Å². The second-order valence-corrected chi connectivity index (χ2v) is 5.55. The van der Waals surface area contributed by atoms with Gasteiger partial charge in [-0.25, -0.2) is 0 Å². The lowest BCUT2D eigenvalue weighted by Gasteiger charge is -2.18. The fourth-order valence-corrected chi connectivity index (χ4v) is 1.53. The van der Waals surface area contributed by atoms with Crippen molar-refractivity contribution in [3.63, 3.8) is 0 Å². The number of nitrogens with one attached hydrogen (secondary N) is 2. The van der Waals surface area contributed by atoms with E-state index < -0.39 is 0 Å². The molecule has 1 aromatic rings. The first kappa shape index (κ1) is 24.8. The average Bonchev–Trinajstić information content (AvgIpc) is 3.46. The molecule has 0 unspecified atom stereocenters. The fraction of sp³-hybridized carbons (Fsp3) is 0.700. The fourth-order valence-electron chi connectivity index (χ4n) is 1.53. The Labute approximate surface area is 148 Å². The molecule has 0 atom stereocenters. The Balaban J connectivity index is 0. The summed E-state index contributed by atoms with van der Waals surface area (Å²) >= 11 is 0.